The number of aryl methyl sites for hydroxylation is 1. The van der Waals surface area contributed by atoms with Gasteiger partial charge in [0.2, 0.25) is 29.5 Å². The molecule has 1 aliphatic heterocycles. The highest BCUT2D eigenvalue weighted by atomic mass is 16.4. The van der Waals surface area contributed by atoms with Crippen LogP contribution >= 0.6 is 0 Å². The number of unbranched alkanes of at least 4 members (excludes halogenated alkanes) is 2. The summed E-state index contributed by atoms with van der Waals surface area (Å²) < 4.78 is 0. The van der Waals surface area contributed by atoms with Gasteiger partial charge in [-0.2, -0.15) is 0 Å². The number of fused-ring (bicyclic) bond motifs is 5. The van der Waals surface area contributed by atoms with E-state index in [1.54, 1.807) is 0 Å². The zero-order valence-corrected chi connectivity index (χ0v) is 35.5. The number of phenols is 2. The molecular formula is C47H58N6O9. The summed E-state index contributed by atoms with van der Waals surface area (Å²) in [6.45, 7) is 4.06. The molecule has 1 aliphatic rings. The monoisotopic (exact) mass is 850 g/mol. The molecule has 0 aromatic heterocycles. The van der Waals surface area contributed by atoms with Crippen molar-refractivity contribution >= 4 is 35.5 Å². The molecule has 15 nitrogen and oxygen atoms in total. The van der Waals surface area contributed by atoms with Gasteiger partial charge in [-0.05, 0) is 83.5 Å². The fraction of sp³-hybridized carbons (Fsp3) is 0.362. The maximum absolute atomic E-state index is 13.6. The molecule has 9 N–H and O–H groups in total. The van der Waals surface area contributed by atoms with Gasteiger partial charge in [-0.15, -0.1) is 0 Å². The van der Waals surface area contributed by atoms with Crippen molar-refractivity contribution in [1.82, 2.24) is 26.2 Å². The Labute approximate surface area is 362 Å². The van der Waals surface area contributed by atoms with Gasteiger partial charge in [-0.1, -0.05) is 87.4 Å². The summed E-state index contributed by atoms with van der Waals surface area (Å²) in [5.41, 5.74) is 10.3. The number of nitrogens with one attached hydrogen (secondary N) is 4. The number of nitrogens with zero attached hydrogens (tertiary/aromatic N) is 1. The van der Waals surface area contributed by atoms with Crippen LogP contribution in [0, 0.1) is 0 Å². The van der Waals surface area contributed by atoms with Gasteiger partial charge < -0.3 is 47.2 Å². The molecule has 0 fully saturated rings. The van der Waals surface area contributed by atoms with Crippen LogP contribution in [0.25, 0.3) is 22.3 Å². The average Bonchev–Trinajstić information content (AvgIpc) is 3.25. The number of rotatable bonds is 15. The number of carbonyl (C=O) groups is 6. The van der Waals surface area contributed by atoms with E-state index >= 15 is 0 Å². The van der Waals surface area contributed by atoms with Crippen molar-refractivity contribution in [2.75, 3.05) is 33.2 Å². The molecule has 0 saturated carbocycles. The van der Waals surface area contributed by atoms with Crippen molar-refractivity contribution in [2.24, 2.45) is 5.73 Å². The highest BCUT2D eigenvalue weighted by Crippen LogP contribution is 2.38. The minimum atomic E-state index is -1.38. The minimum absolute atomic E-state index is 0.0251. The number of hydrogen-bond acceptors (Lipinski definition) is 9. The molecule has 330 valence electrons. The van der Waals surface area contributed by atoms with Gasteiger partial charge in [0.15, 0.2) is 0 Å². The van der Waals surface area contributed by atoms with Crippen molar-refractivity contribution in [3.05, 3.63) is 107 Å². The molecule has 1 heterocycles. The highest BCUT2D eigenvalue weighted by Gasteiger charge is 2.31. The van der Waals surface area contributed by atoms with E-state index in [0.717, 1.165) is 47.4 Å². The molecule has 0 spiro atoms. The lowest BCUT2D eigenvalue weighted by atomic mass is 9.94. The quantitative estimate of drug-likeness (QED) is 0.0851. The Morgan fingerprint density at radius 3 is 2.00 bits per heavy atom. The number of carboxylic acid groups (broad SMARTS) is 1. The molecule has 4 aromatic carbocycles. The number of nitrogens with two attached hydrogens (primary N) is 1. The third kappa shape index (κ3) is 14.2. The van der Waals surface area contributed by atoms with Gasteiger partial charge >= 0.3 is 5.97 Å². The molecule has 4 bridgehead atoms. The maximum atomic E-state index is 13.6. The number of amides is 5. The van der Waals surface area contributed by atoms with Crippen molar-refractivity contribution in [3.8, 4) is 33.8 Å². The van der Waals surface area contributed by atoms with Crippen LogP contribution < -0.4 is 27.0 Å². The van der Waals surface area contributed by atoms with Crippen LogP contribution in [-0.2, 0) is 48.0 Å². The zero-order chi connectivity index (χ0) is 45.2. The molecule has 0 aliphatic carbocycles. The average molecular weight is 851 g/mol. The van der Waals surface area contributed by atoms with Crippen molar-refractivity contribution < 1.29 is 44.1 Å². The topological polar surface area (TPSA) is 240 Å². The van der Waals surface area contributed by atoms with Gasteiger partial charge in [0.1, 0.15) is 23.6 Å². The summed E-state index contributed by atoms with van der Waals surface area (Å²) in [6, 6.07) is 21.8. The summed E-state index contributed by atoms with van der Waals surface area (Å²) in [7, 11) is 1.32. The Morgan fingerprint density at radius 1 is 0.790 bits per heavy atom. The molecule has 0 radical (unpaired) electrons. The molecule has 2 atom stereocenters. The SMILES string of the molecule is CCCCN.CCCCc1ccc(-c2ccc(CC(=O)NCCC(=O)NCC(=O)N(C)C3C(=O)NCC(=O)N[C@H](C(=O)O)Cc4ccc(O)c(c4)-c4cc3ccc4O)cc2)cc1. The van der Waals surface area contributed by atoms with Crippen LogP contribution in [0.4, 0.5) is 0 Å². The van der Waals surface area contributed by atoms with E-state index in [9.17, 15) is 44.1 Å². The Morgan fingerprint density at radius 2 is 1.40 bits per heavy atom. The fourth-order valence-corrected chi connectivity index (χ4v) is 6.72. The lowest BCUT2D eigenvalue weighted by Gasteiger charge is -2.28. The predicted molar refractivity (Wildman–Crippen MR) is 236 cm³/mol. The number of benzene rings is 4. The third-order valence-corrected chi connectivity index (χ3v) is 10.3. The van der Waals surface area contributed by atoms with Crippen molar-refractivity contribution in [2.45, 2.75) is 77.3 Å². The van der Waals surface area contributed by atoms with E-state index in [4.69, 9.17) is 5.73 Å². The highest BCUT2D eigenvalue weighted by molar-refractivity contribution is 5.94. The molecular weight excluding hydrogens is 793 g/mol. The fourth-order valence-electron chi connectivity index (χ4n) is 6.72. The smallest absolute Gasteiger partial charge is 0.326 e. The molecule has 62 heavy (non-hydrogen) atoms. The first kappa shape index (κ1) is 47.9. The second-order valence-electron chi connectivity index (χ2n) is 15.1. The number of hydrogen-bond donors (Lipinski definition) is 8. The molecule has 4 aromatic rings. The number of likely N-dealkylation sites (N-methyl/N-ethyl adjacent to an activating group) is 1. The predicted octanol–water partition coefficient (Wildman–Crippen LogP) is 4.13. The van der Waals surface area contributed by atoms with Gasteiger partial charge in [0, 0.05) is 37.6 Å². The zero-order valence-electron chi connectivity index (χ0n) is 35.5. The van der Waals surface area contributed by atoms with E-state index in [0.29, 0.717) is 5.56 Å². The summed E-state index contributed by atoms with van der Waals surface area (Å²) in [6.07, 6.45) is 5.60. The first-order valence-electron chi connectivity index (χ1n) is 20.9. The van der Waals surface area contributed by atoms with Gasteiger partial charge in [-0.3, -0.25) is 24.0 Å². The second-order valence-corrected chi connectivity index (χ2v) is 15.1. The molecule has 5 amide bonds. The minimum Gasteiger partial charge on any atom is -0.507 e. The van der Waals surface area contributed by atoms with Crippen LogP contribution in [0.2, 0.25) is 0 Å². The van der Waals surface area contributed by atoms with Crippen LogP contribution in [0.15, 0.2) is 84.9 Å². The summed E-state index contributed by atoms with van der Waals surface area (Å²) in [4.78, 5) is 77.9. The number of aliphatic carboxylic acids is 1. The lowest BCUT2D eigenvalue weighted by Crippen LogP contribution is -2.49. The first-order chi connectivity index (χ1) is 29.7. The first-order valence-corrected chi connectivity index (χ1v) is 20.9. The number of carboxylic acids is 1. The Kier molecular flexibility index (Phi) is 18.5. The van der Waals surface area contributed by atoms with Gasteiger partial charge in [0.25, 0.3) is 0 Å². The van der Waals surface area contributed by atoms with E-state index in [-0.39, 0.29) is 59.9 Å². The number of phenolic OH excluding ortho intramolecular Hbond substituents is 2. The van der Waals surface area contributed by atoms with E-state index in [1.165, 1.54) is 61.9 Å². The maximum Gasteiger partial charge on any atom is 0.326 e. The van der Waals surface area contributed by atoms with Gasteiger partial charge in [0.05, 0.1) is 19.5 Å². The summed E-state index contributed by atoms with van der Waals surface area (Å²) in [5.74, 6) is -4.90. The third-order valence-electron chi connectivity index (χ3n) is 10.3. The normalized spacial score (nSPS) is 14.8. The molecule has 0 saturated heterocycles. The lowest BCUT2D eigenvalue weighted by molar-refractivity contribution is -0.142. The number of carbonyl (C=O) groups excluding carboxylic acids is 5. The number of aromatic hydroxyl groups is 2. The standard InChI is InChI=1S/C43H47N5O9.C4H11N/c1-3-4-5-26-6-11-29(12-7-26)30-13-8-27(9-14-30)22-38(52)44-19-18-37(51)45-25-40(54)48(2)41-31-15-17-36(50)33(23-31)32-20-28(10-16-35(32)49)21-34(43(56)57)47-39(53)24-46-42(41)55;1-2-3-4-5/h6-17,20,23,34,41,49-50H,3-5,18-19,21-22,24-25H2,1-2H3,(H,44,52)(H,45,51)(H,46,55)(H,47,53)(H,56,57);2-5H2,1H3/t34-,41?;/m0./s1. The van der Waals surface area contributed by atoms with E-state index < -0.39 is 54.8 Å². The van der Waals surface area contributed by atoms with Crippen molar-refractivity contribution in [3.63, 3.8) is 0 Å². The molecule has 15 heteroatoms. The van der Waals surface area contributed by atoms with Crippen LogP contribution in [0.5, 0.6) is 11.5 Å². The van der Waals surface area contributed by atoms with Crippen LogP contribution in [0.3, 0.4) is 0 Å². The molecule has 1 unspecified atom stereocenters. The van der Waals surface area contributed by atoms with Crippen LogP contribution in [0.1, 0.15) is 74.2 Å². The summed E-state index contributed by atoms with van der Waals surface area (Å²) >= 11 is 0. The summed E-state index contributed by atoms with van der Waals surface area (Å²) in [5, 5.41) is 41.2. The van der Waals surface area contributed by atoms with Crippen molar-refractivity contribution in [1.29, 1.82) is 0 Å². The molecule has 5 rings (SSSR count). The second kappa shape index (κ2) is 23.9. The Balaban J connectivity index is 0.00000160. The Bertz CT molecular complexity index is 2170. The van der Waals surface area contributed by atoms with E-state index in [1.807, 2.05) is 24.3 Å². The Hall–Kier alpha value is -6.74. The van der Waals surface area contributed by atoms with Crippen LogP contribution in [-0.4, -0.2) is 95.0 Å². The van der Waals surface area contributed by atoms with E-state index in [2.05, 4.69) is 59.4 Å². The largest absolute Gasteiger partial charge is 0.507 e. The van der Waals surface area contributed by atoms with Gasteiger partial charge in [-0.25, -0.2) is 4.79 Å².